The Bertz CT molecular complexity index is 764. The molecule has 1 N–H and O–H groups in total. The molecule has 2 aromatic carbocycles. The van der Waals surface area contributed by atoms with E-state index in [4.69, 9.17) is 9.47 Å². The number of rotatable bonds is 5. The van der Waals surface area contributed by atoms with Gasteiger partial charge in [0.1, 0.15) is 12.4 Å². The first-order valence-electron chi connectivity index (χ1n) is 9.69. The van der Waals surface area contributed by atoms with E-state index in [-0.39, 0.29) is 17.4 Å². The third kappa shape index (κ3) is 5.75. The molecule has 152 valence electrons. The predicted molar refractivity (Wildman–Crippen MR) is 114 cm³/mol. The zero-order chi connectivity index (χ0) is 20.9. The standard InChI is InChI=1S/C24H33NO3/c1-23(2,3)19-13-18(14-20(21(19)27-7)24(4,5)6)15-25-22(26)28-16-17-11-9-8-10-12-17/h8-14H,15-16H2,1-7H3,(H,25,26). The Balaban J connectivity index is 2.17. The van der Waals surface area contributed by atoms with Crippen LogP contribution in [0, 0.1) is 0 Å². The molecule has 4 nitrogen and oxygen atoms in total. The van der Waals surface area contributed by atoms with Gasteiger partial charge in [-0.2, -0.15) is 0 Å². The van der Waals surface area contributed by atoms with E-state index < -0.39 is 6.09 Å². The van der Waals surface area contributed by atoms with Crippen molar-refractivity contribution in [2.24, 2.45) is 0 Å². The van der Waals surface area contributed by atoms with Gasteiger partial charge < -0.3 is 14.8 Å². The highest BCUT2D eigenvalue weighted by Gasteiger charge is 2.27. The molecule has 2 aromatic rings. The van der Waals surface area contributed by atoms with Gasteiger partial charge in [-0.15, -0.1) is 0 Å². The molecule has 0 saturated carbocycles. The van der Waals surface area contributed by atoms with E-state index in [2.05, 4.69) is 59.0 Å². The number of hydrogen-bond acceptors (Lipinski definition) is 3. The fourth-order valence-corrected chi connectivity index (χ4v) is 3.07. The van der Waals surface area contributed by atoms with E-state index in [0.29, 0.717) is 6.54 Å². The number of ether oxygens (including phenoxy) is 2. The van der Waals surface area contributed by atoms with Crippen molar-refractivity contribution in [3.63, 3.8) is 0 Å². The van der Waals surface area contributed by atoms with Crippen LogP contribution < -0.4 is 10.1 Å². The summed E-state index contributed by atoms with van der Waals surface area (Å²) in [5.41, 5.74) is 4.12. The van der Waals surface area contributed by atoms with Crippen LogP contribution in [0.4, 0.5) is 4.79 Å². The monoisotopic (exact) mass is 383 g/mol. The summed E-state index contributed by atoms with van der Waals surface area (Å²) in [7, 11) is 1.72. The van der Waals surface area contributed by atoms with Crippen molar-refractivity contribution in [2.45, 2.75) is 65.5 Å². The van der Waals surface area contributed by atoms with Crippen molar-refractivity contribution < 1.29 is 14.3 Å². The summed E-state index contributed by atoms with van der Waals surface area (Å²) >= 11 is 0. The van der Waals surface area contributed by atoms with Crippen molar-refractivity contribution in [1.29, 1.82) is 0 Å². The lowest BCUT2D eigenvalue weighted by atomic mass is 9.78. The summed E-state index contributed by atoms with van der Waals surface area (Å²) in [6.45, 7) is 13.7. The molecule has 0 atom stereocenters. The molecule has 4 heteroatoms. The number of amides is 1. The Morgan fingerprint density at radius 2 is 1.43 bits per heavy atom. The Kier molecular flexibility index (Phi) is 6.76. The number of methoxy groups -OCH3 is 1. The lowest BCUT2D eigenvalue weighted by molar-refractivity contribution is 0.139. The van der Waals surface area contributed by atoms with Crippen molar-refractivity contribution in [1.82, 2.24) is 5.32 Å². The Hall–Kier alpha value is -2.49. The maximum Gasteiger partial charge on any atom is 0.407 e. The number of alkyl carbamates (subject to hydrolysis) is 1. The quantitative estimate of drug-likeness (QED) is 0.719. The zero-order valence-corrected chi connectivity index (χ0v) is 18.2. The zero-order valence-electron chi connectivity index (χ0n) is 18.2. The molecular weight excluding hydrogens is 350 g/mol. The minimum absolute atomic E-state index is 0.0742. The van der Waals surface area contributed by atoms with Crippen LogP contribution in [0.25, 0.3) is 0 Å². The van der Waals surface area contributed by atoms with Gasteiger partial charge in [-0.05, 0) is 34.1 Å². The Morgan fingerprint density at radius 3 is 1.89 bits per heavy atom. The molecule has 2 rings (SSSR count). The van der Waals surface area contributed by atoms with Crippen LogP contribution in [0.2, 0.25) is 0 Å². The van der Waals surface area contributed by atoms with Crippen LogP contribution in [-0.4, -0.2) is 13.2 Å². The van der Waals surface area contributed by atoms with Crippen LogP contribution in [0.5, 0.6) is 5.75 Å². The number of carbonyl (C=O) groups excluding carboxylic acids is 1. The lowest BCUT2D eigenvalue weighted by Gasteiger charge is -2.30. The molecule has 0 aromatic heterocycles. The Labute approximate surface area is 169 Å². The summed E-state index contributed by atoms with van der Waals surface area (Å²) in [6, 6.07) is 13.9. The van der Waals surface area contributed by atoms with Crippen molar-refractivity contribution in [3.05, 3.63) is 64.7 Å². The van der Waals surface area contributed by atoms with Gasteiger partial charge in [0.2, 0.25) is 0 Å². The van der Waals surface area contributed by atoms with Gasteiger partial charge in [0.05, 0.1) is 7.11 Å². The second-order valence-corrected chi connectivity index (χ2v) is 9.14. The molecule has 28 heavy (non-hydrogen) atoms. The van der Waals surface area contributed by atoms with Gasteiger partial charge in [0.15, 0.2) is 0 Å². The summed E-state index contributed by atoms with van der Waals surface area (Å²) in [5.74, 6) is 0.926. The molecule has 0 bridgehead atoms. The number of carbonyl (C=O) groups is 1. The summed E-state index contributed by atoms with van der Waals surface area (Å²) in [6.07, 6.45) is -0.422. The molecule has 0 fully saturated rings. The topological polar surface area (TPSA) is 47.6 Å². The van der Waals surface area contributed by atoms with E-state index in [1.807, 2.05) is 30.3 Å². The molecule has 1 amide bonds. The first-order chi connectivity index (χ1) is 13.0. The Morgan fingerprint density at radius 1 is 0.893 bits per heavy atom. The third-order valence-electron chi connectivity index (χ3n) is 4.62. The highest BCUT2D eigenvalue weighted by molar-refractivity contribution is 5.67. The maximum absolute atomic E-state index is 12.1. The summed E-state index contributed by atoms with van der Waals surface area (Å²) in [5, 5.41) is 2.86. The van der Waals surface area contributed by atoms with E-state index >= 15 is 0 Å². The van der Waals surface area contributed by atoms with Crippen molar-refractivity contribution in [2.75, 3.05) is 7.11 Å². The molecular formula is C24H33NO3. The number of hydrogen-bond donors (Lipinski definition) is 1. The number of nitrogens with one attached hydrogen (secondary N) is 1. The SMILES string of the molecule is COc1c(C(C)(C)C)cc(CNC(=O)OCc2ccccc2)cc1C(C)(C)C. The minimum Gasteiger partial charge on any atom is -0.496 e. The molecule has 0 heterocycles. The van der Waals surface area contributed by atoms with Crippen LogP contribution >= 0.6 is 0 Å². The van der Waals surface area contributed by atoms with Crippen LogP contribution in [0.15, 0.2) is 42.5 Å². The molecule has 0 spiro atoms. The second kappa shape index (κ2) is 8.68. The average molecular weight is 384 g/mol. The lowest BCUT2D eigenvalue weighted by Crippen LogP contribution is -2.25. The van der Waals surface area contributed by atoms with Gasteiger partial charge >= 0.3 is 6.09 Å². The highest BCUT2D eigenvalue weighted by Crippen LogP contribution is 2.40. The fraction of sp³-hybridized carbons (Fsp3) is 0.458. The first-order valence-corrected chi connectivity index (χ1v) is 9.69. The largest absolute Gasteiger partial charge is 0.496 e. The van der Waals surface area contributed by atoms with Crippen LogP contribution in [-0.2, 0) is 28.7 Å². The predicted octanol–water partition coefficient (Wildman–Crippen LogP) is 5.72. The van der Waals surface area contributed by atoms with Crippen molar-refractivity contribution in [3.8, 4) is 5.75 Å². The maximum atomic E-state index is 12.1. The molecule has 0 radical (unpaired) electrons. The molecule has 0 aliphatic carbocycles. The normalized spacial score (nSPS) is 11.8. The van der Waals surface area contributed by atoms with E-state index in [1.165, 1.54) is 0 Å². The van der Waals surface area contributed by atoms with Crippen LogP contribution in [0.1, 0.15) is 63.8 Å². The first kappa shape index (κ1) is 21.8. The number of benzene rings is 2. The molecule has 0 saturated heterocycles. The summed E-state index contributed by atoms with van der Waals surface area (Å²) < 4.78 is 11.1. The summed E-state index contributed by atoms with van der Waals surface area (Å²) in [4.78, 5) is 12.1. The third-order valence-corrected chi connectivity index (χ3v) is 4.62. The van der Waals surface area contributed by atoms with Crippen LogP contribution in [0.3, 0.4) is 0 Å². The molecule has 0 aliphatic heterocycles. The molecule has 0 unspecified atom stereocenters. The second-order valence-electron chi connectivity index (χ2n) is 9.14. The average Bonchev–Trinajstić information content (AvgIpc) is 2.63. The van der Waals surface area contributed by atoms with Gasteiger partial charge in [-0.3, -0.25) is 0 Å². The van der Waals surface area contributed by atoms with Gasteiger partial charge in [-0.25, -0.2) is 4.79 Å². The molecule has 0 aliphatic rings. The van der Waals surface area contributed by atoms with Crippen molar-refractivity contribution >= 4 is 6.09 Å². The van der Waals surface area contributed by atoms with Gasteiger partial charge in [0.25, 0.3) is 0 Å². The van der Waals surface area contributed by atoms with Gasteiger partial charge in [0, 0.05) is 17.7 Å². The smallest absolute Gasteiger partial charge is 0.407 e. The van der Waals surface area contributed by atoms with Gasteiger partial charge in [-0.1, -0.05) is 71.9 Å². The minimum atomic E-state index is -0.422. The fourth-order valence-electron chi connectivity index (χ4n) is 3.07. The van der Waals surface area contributed by atoms with E-state index in [9.17, 15) is 4.79 Å². The highest BCUT2D eigenvalue weighted by atomic mass is 16.5. The van der Waals surface area contributed by atoms with E-state index in [1.54, 1.807) is 7.11 Å². The van der Waals surface area contributed by atoms with E-state index in [0.717, 1.165) is 28.0 Å².